The van der Waals surface area contributed by atoms with E-state index in [0.29, 0.717) is 11.4 Å². The van der Waals surface area contributed by atoms with Crippen molar-refractivity contribution < 1.29 is 4.39 Å². The van der Waals surface area contributed by atoms with Crippen LogP contribution in [0.3, 0.4) is 0 Å². The van der Waals surface area contributed by atoms with E-state index in [1.165, 1.54) is 12.1 Å². The minimum Gasteiger partial charge on any atom is -0.326 e. The topological polar surface area (TPSA) is 29.3 Å². The molecule has 1 aromatic rings. The van der Waals surface area contributed by atoms with Crippen LogP contribution in [0.4, 0.5) is 4.39 Å². The van der Waals surface area contributed by atoms with Crippen LogP contribution in [0.15, 0.2) is 18.2 Å². The van der Waals surface area contributed by atoms with Gasteiger partial charge in [-0.05, 0) is 51.1 Å². The SMILES string of the molecule is CCC(CC)(C(N)Cc1ccc(F)cc1Cl)N(C)C. The van der Waals surface area contributed by atoms with Crippen LogP contribution in [0, 0.1) is 5.82 Å². The summed E-state index contributed by atoms with van der Waals surface area (Å²) in [6.45, 7) is 4.30. The highest BCUT2D eigenvalue weighted by molar-refractivity contribution is 6.31. The normalized spacial score (nSPS) is 13.9. The fourth-order valence-corrected chi connectivity index (χ4v) is 3.10. The lowest BCUT2D eigenvalue weighted by molar-refractivity contribution is 0.105. The van der Waals surface area contributed by atoms with Crippen LogP contribution in [-0.2, 0) is 6.42 Å². The van der Waals surface area contributed by atoms with Crippen molar-refractivity contribution in [2.45, 2.75) is 44.7 Å². The molecule has 0 saturated carbocycles. The summed E-state index contributed by atoms with van der Waals surface area (Å²) in [6.07, 6.45) is 2.59. The Morgan fingerprint density at radius 3 is 2.32 bits per heavy atom. The average molecular weight is 287 g/mol. The van der Waals surface area contributed by atoms with Crippen LogP contribution < -0.4 is 5.73 Å². The van der Waals surface area contributed by atoms with Gasteiger partial charge in [0.05, 0.1) is 0 Å². The Kier molecular flexibility index (Phi) is 5.78. The van der Waals surface area contributed by atoms with Gasteiger partial charge in [-0.25, -0.2) is 4.39 Å². The molecule has 0 heterocycles. The van der Waals surface area contributed by atoms with Gasteiger partial charge >= 0.3 is 0 Å². The molecule has 0 aliphatic carbocycles. The van der Waals surface area contributed by atoms with Crippen molar-refractivity contribution in [3.05, 3.63) is 34.6 Å². The number of rotatable bonds is 6. The summed E-state index contributed by atoms with van der Waals surface area (Å²) < 4.78 is 13.1. The lowest BCUT2D eigenvalue weighted by atomic mass is 9.81. The maximum atomic E-state index is 13.1. The zero-order chi connectivity index (χ0) is 14.6. The van der Waals surface area contributed by atoms with E-state index in [1.807, 2.05) is 0 Å². The first-order chi connectivity index (χ1) is 8.87. The Morgan fingerprint density at radius 2 is 1.89 bits per heavy atom. The van der Waals surface area contributed by atoms with E-state index in [-0.39, 0.29) is 17.4 Å². The van der Waals surface area contributed by atoms with Gasteiger partial charge in [0, 0.05) is 16.6 Å². The molecule has 0 bridgehead atoms. The summed E-state index contributed by atoms with van der Waals surface area (Å²) in [7, 11) is 4.11. The minimum atomic E-state index is -0.313. The Hall–Kier alpha value is -0.640. The molecule has 2 nitrogen and oxygen atoms in total. The second-order valence-corrected chi connectivity index (χ2v) is 5.66. The average Bonchev–Trinajstić information content (AvgIpc) is 2.34. The molecule has 1 rings (SSSR count). The molecule has 2 N–H and O–H groups in total. The van der Waals surface area contributed by atoms with Gasteiger partial charge in [-0.15, -0.1) is 0 Å². The molecule has 0 aliphatic rings. The molecule has 1 atom stereocenters. The molecular weight excluding hydrogens is 263 g/mol. The second kappa shape index (κ2) is 6.69. The maximum Gasteiger partial charge on any atom is 0.124 e. The van der Waals surface area contributed by atoms with Crippen LogP contribution in [0.5, 0.6) is 0 Å². The van der Waals surface area contributed by atoms with Crippen molar-refractivity contribution in [2.75, 3.05) is 14.1 Å². The predicted octanol–water partition coefficient (Wildman–Crippen LogP) is 3.47. The summed E-state index contributed by atoms with van der Waals surface area (Å²) >= 11 is 6.08. The maximum absolute atomic E-state index is 13.1. The summed E-state index contributed by atoms with van der Waals surface area (Å²) in [6, 6.07) is 4.46. The summed E-state index contributed by atoms with van der Waals surface area (Å²) in [4.78, 5) is 2.19. The molecule has 19 heavy (non-hydrogen) atoms. The third kappa shape index (κ3) is 3.47. The molecule has 1 unspecified atom stereocenters. The number of benzene rings is 1. The number of halogens is 2. The summed E-state index contributed by atoms with van der Waals surface area (Å²) in [5.74, 6) is -0.313. The fraction of sp³-hybridized carbons (Fsp3) is 0.600. The number of nitrogens with zero attached hydrogens (tertiary/aromatic N) is 1. The van der Waals surface area contributed by atoms with Gasteiger partial charge in [-0.1, -0.05) is 31.5 Å². The molecule has 108 valence electrons. The van der Waals surface area contributed by atoms with E-state index in [0.717, 1.165) is 18.4 Å². The summed E-state index contributed by atoms with van der Waals surface area (Å²) in [5, 5.41) is 0.454. The van der Waals surface area contributed by atoms with Crippen molar-refractivity contribution >= 4 is 11.6 Å². The van der Waals surface area contributed by atoms with Crippen LogP contribution in [-0.4, -0.2) is 30.6 Å². The smallest absolute Gasteiger partial charge is 0.124 e. The fourth-order valence-electron chi connectivity index (χ4n) is 2.85. The standard InChI is InChI=1S/C15H24ClFN2/c1-5-15(6-2,19(3)4)14(18)9-11-7-8-12(17)10-13(11)16/h7-8,10,14H,5-6,9,18H2,1-4H3. The molecule has 0 spiro atoms. The van der Waals surface area contributed by atoms with E-state index in [9.17, 15) is 4.39 Å². The lowest BCUT2D eigenvalue weighted by Crippen LogP contribution is -2.57. The van der Waals surface area contributed by atoms with Crippen molar-refractivity contribution in [1.82, 2.24) is 4.90 Å². The minimum absolute atomic E-state index is 0.0412. The molecular formula is C15H24ClFN2. The molecule has 4 heteroatoms. The van der Waals surface area contributed by atoms with E-state index < -0.39 is 0 Å². The number of nitrogens with two attached hydrogens (primary N) is 1. The van der Waals surface area contributed by atoms with Gasteiger partial charge in [-0.3, -0.25) is 0 Å². The van der Waals surface area contributed by atoms with Gasteiger partial charge < -0.3 is 10.6 Å². The Balaban J connectivity index is 2.96. The third-order valence-corrected chi connectivity index (χ3v) is 4.61. The van der Waals surface area contributed by atoms with E-state index >= 15 is 0 Å². The van der Waals surface area contributed by atoms with Crippen LogP contribution in [0.1, 0.15) is 32.3 Å². The predicted molar refractivity (Wildman–Crippen MR) is 80.1 cm³/mol. The third-order valence-electron chi connectivity index (χ3n) is 4.26. The monoisotopic (exact) mass is 286 g/mol. The Morgan fingerprint density at radius 1 is 1.32 bits per heavy atom. The number of hydrogen-bond acceptors (Lipinski definition) is 2. The first-order valence-electron chi connectivity index (χ1n) is 6.74. The zero-order valence-corrected chi connectivity index (χ0v) is 13.0. The van der Waals surface area contributed by atoms with Crippen LogP contribution in [0.2, 0.25) is 5.02 Å². The molecule has 0 fully saturated rings. The first-order valence-corrected chi connectivity index (χ1v) is 7.12. The molecule has 0 radical (unpaired) electrons. The van der Waals surface area contributed by atoms with Gasteiger partial charge in [0.15, 0.2) is 0 Å². The van der Waals surface area contributed by atoms with Crippen LogP contribution in [0.25, 0.3) is 0 Å². The van der Waals surface area contributed by atoms with Crippen molar-refractivity contribution in [1.29, 1.82) is 0 Å². The second-order valence-electron chi connectivity index (χ2n) is 5.25. The van der Waals surface area contributed by atoms with E-state index in [2.05, 4.69) is 32.8 Å². The number of likely N-dealkylation sites (N-methyl/N-ethyl adjacent to an activating group) is 1. The van der Waals surface area contributed by atoms with E-state index in [4.69, 9.17) is 17.3 Å². The first kappa shape index (κ1) is 16.4. The molecule has 0 aliphatic heterocycles. The molecule has 1 aromatic carbocycles. The molecule has 0 aromatic heterocycles. The summed E-state index contributed by atoms with van der Waals surface area (Å²) in [5.41, 5.74) is 7.27. The van der Waals surface area contributed by atoms with Crippen molar-refractivity contribution in [2.24, 2.45) is 5.73 Å². The van der Waals surface area contributed by atoms with Crippen molar-refractivity contribution in [3.8, 4) is 0 Å². The number of hydrogen-bond donors (Lipinski definition) is 1. The lowest BCUT2D eigenvalue weighted by Gasteiger charge is -2.43. The molecule has 0 saturated heterocycles. The highest BCUT2D eigenvalue weighted by Gasteiger charge is 2.35. The Labute approximate surface area is 120 Å². The van der Waals surface area contributed by atoms with E-state index in [1.54, 1.807) is 6.07 Å². The Bertz CT molecular complexity index is 417. The van der Waals surface area contributed by atoms with Gasteiger partial charge in [-0.2, -0.15) is 0 Å². The van der Waals surface area contributed by atoms with Crippen molar-refractivity contribution in [3.63, 3.8) is 0 Å². The van der Waals surface area contributed by atoms with Crippen LogP contribution >= 0.6 is 11.6 Å². The van der Waals surface area contributed by atoms with Gasteiger partial charge in [0.25, 0.3) is 0 Å². The largest absolute Gasteiger partial charge is 0.326 e. The van der Waals surface area contributed by atoms with Gasteiger partial charge in [0.2, 0.25) is 0 Å². The highest BCUT2D eigenvalue weighted by Crippen LogP contribution is 2.28. The highest BCUT2D eigenvalue weighted by atomic mass is 35.5. The van der Waals surface area contributed by atoms with Gasteiger partial charge in [0.1, 0.15) is 5.82 Å². The quantitative estimate of drug-likeness (QED) is 0.868. The zero-order valence-electron chi connectivity index (χ0n) is 12.2. The molecule has 0 amide bonds.